The Morgan fingerprint density at radius 3 is 2.88 bits per heavy atom. The number of rotatable bonds is 2. The molecule has 1 aromatic rings. The minimum Gasteiger partial charge on any atom is -0.336 e. The van der Waals surface area contributed by atoms with Gasteiger partial charge >= 0.3 is 0 Å². The topological polar surface area (TPSA) is 21.7 Å². The van der Waals surface area contributed by atoms with E-state index in [1.807, 2.05) is 6.07 Å². The van der Waals surface area contributed by atoms with Gasteiger partial charge in [-0.2, -0.15) is 0 Å². The van der Waals surface area contributed by atoms with E-state index in [0.29, 0.717) is 0 Å². The van der Waals surface area contributed by atoms with Gasteiger partial charge in [-0.25, -0.2) is 4.90 Å². The van der Waals surface area contributed by atoms with E-state index in [0.717, 1.165) is 26.1 Å². The van der Waals surface area contributed by atoms with E-state index in [9.17, 15) is 0 Å². The van der Waals surface area contributed by atoms with Crippen molar-refractivity contribution in [3.63, 3.8) is 0 Å². The number of fused-ring (bicyclic) bond motifs is 1. The Kier molecular flexibility index (Phi) is 2.46. The van der Waals surface area contributed by atoms with Crippen molar-refractivity contribution in [1.29, 1.82) is 0 Å². The maximum atomic E-state index is 6.11. The van der Waals surface area contributed by atoms with Crippen molar-refractivity contribution in [3.05, 3.63) is 35.9 Å². The van der Waals surface area contributed by atoms with Gasteiger partial charge in [0.1, 0.15) is 6.10 Å². The molecular formula is C13H17NO2. The zero-order chi connectivity index (χ0) is 11.0. The number of hydrogen-bond donors (Lipinski definition) is 0. The van der Waals surface area contributed by atoms with Gasteiger partial charge in [-0.15, -0.1) is 0 Å². The Morgan fingerprint density at radius 2 is 2.19 bits per heavy atom. The van der Waals surface area contributed by atoms with Gasteiger partial charge in [0.05, 0.1) is 6.61 Å². The Balaban J connectivity index is 1.83. The predicted octanol–water partition coefficient (Wildman–Crippen LogP) is 2.15. The third-order valence-electron chi connectivity index (χ3n) is 3.50. The molecule has 0 aliphatic carbocycles. The fourth-order valence-electron chi connectivity index (χ4n) is 2.63. The summed E-state index contributed by atoms with van der Waals surface area (Å²) in [6, 6.07) is 10.4. The van der Waals surface area contributed by atoms with Gasteiger partial charge in [-0.1, -0.05) is 37.3 Å². The Hall–Kier alpha value is -0.900. The molecular weight excluding hydrogens is 202 g/mol. The SMILES string of the molecule is CC[C@@]12OCCN1C[C@H](c1ccccc1)O2. The van der Waals surface area contributed by atoms with Crippen LogP contribution in [0.4, 0.5) is 0 Å². The molecule has 0 amide bonds. The fraction of sp³-hybridized carbons (Fsp3) is 0.538. The molecule has 0 aromatic heterocycles. The predicted molar refractivity (Wildman–Crippen MR) is 60.8 cm³/mol. The zero-order valence-corrected chi connectivity index (χ0v) is 9.56. The van der Waals surface area contributed by atoms with Crippen molar-refractivity contribution in [1.82, 2.24) is 4.90 Å². The summed E-state index contributed by atoms with van der Waals surface area (Å²) in [6.45, 7) is 4.83. The minimum absolute atomic E-state index is 0.154. The number of ether oxygens (including phenoxy) is 2. The van der Waals surface area contributed by atoms with Gasteiger partial charge in [-0.05, 0) is 5.56 Å². The summed E-state index contributed by atoms with van der Waals surface area (Å²) in [5.41, 5.74) is 1.24. The summed E-state index contributed by atoms with van der Waals surface area (Å²) >= 11 is 0. The second-order valence-electron chi connectivity index (χ2n) is 4.38. The summed E-state index contributed by atoms with van der Waals surface area (Å²) < 4.78 is 11.9. The van der Waals surface area contributed by atoms with Crippen LogP contribution in [0.5, 0.6) is 0 Å². The van der Waals surface area contributed by atoms with Gasteiger partial charge in [-0.3, -0.25) is 0 Å². The van der Waals surface area contributed by atoms with Crippen molar-refractivity contribution in [2.24, 2.45) is 0 Å². The third-order valence-corrected chi connectivity index (χ3v) is 3.50. The standard InChI is InChI=1S/C13H17NO2/c1-2-13-14(8-9-15-13)10-12(16-13)11-6-4-3-5-7-11/h3-7,12H,2,8-10H2,1H3/t12-,13+/m1/s1. The Labute approximate surface area is 96.0 Å². The normalized spacial score (nSPS) is 34.2. The molecule has 86 valence electrons. The molecule has 2 atom stereocenters. The first-order valence-electron chi connectivity index (χ1n) is 5.96. The fourth-order valence-corrected chi connectivity index (χ4v) is 2.63. The first-order chi connectivity index (χ1) is 7.84. The zero-order valence-electron chi connectivity index (χ0n) is 9.56. The molecule has 0 unspecified atom stereocenters. The van der Waals surface area contributed by atoms with E-state index in [4.69, 9.17) is 9.47 Å². The van der Waals surface area contributed by atoms with E-state index >= 15 is 0 Å². The lowest BCUT2D eigenvalue weighted by Gasteiger charge is -2.27. The maximum absolute atomic E-state index is 6.11. The second kappa shape index (κ2) is 3.84. The molecule has 2 saturated heterocycles. The van der Waals surface area contributed by atoms with Crippen LogP contribution in [-0.2, 0) is 9.47 Å². The summed E-state index contributed by atoms with van der Waals surface area (Å²) in [5.74, 6) is -0.444. The first-order valence-corrected chi connectivity index (χ1v) is 5.96. The van der Waals surface area contributed by atoms with Crippen LogP contribution in [0.15, 0.2) is 30.3 Å². The van der Waals surface area contributed by atoms with Crippen molar-refractivity contribution >= 4 is 0 Å². The first kappa shape index (κ1) is 10.3. The van der Waals surface area contributed by atoms with Gasteiger partial charge in [0, 0.05) is 19.5 Å². The van der Waals surface area contributed by atoms with E-state index < -0.39 is 5.91 Å². The molecule has 0 saturated carbocycles. The molecule has 3 nitrogen and oxygen atoms in total. The summed E-state index contributed by atoms with van der Waals surface area (Å²) in [4.78, 5) is 2.31. The van der Waals surface area contributed by atoms with Gasteiger partial charge in [0.15, 0.2) is 0 Å². The highest BCUT2D eigenvalue weighted by Crippen LogP contribution is 2.41. The monoisotopic (exact) mass is 219 g/mol. The molecule has 16 heavy (non-hydrogen) atoms. The molecule has 2 aliphatic rings. The average Bonchev–Trinajstić information content (AvgIpc) is 2.86. The van der Waals surface area contributed by atoms with Crippen LogP contribution in [0.3, 0.4) is 0 Å². The third kappa shape index (κ3) is 1.47. The summed E-state index contributed by atoms with van der Waals surface area (Å²) in [6.07, 6.45) is 1.04. The Morgan fingerprint density at radius 1 is 1.38 bits per heavy atom. The molecule has 0 bridgehead atoms. The second-order valence-corrected chi connectivity index (χ2v) is 4.38. The Bertz CT molecular complexity index is 367. The van der Waals surface area contributed by atoms with Crippen LogP contribution >= 0.6 is 0 Å². The molecule has 2 fully saturated rings. The summed E-state index contributed by atoms with van der Waals surface area (Å²) in [7, 11) is 0. The van der Waals surface area contributed by atoms with Crippen LogP contribution < -0.4 is 0 Å². The number of hydrogen-bond acceptors (Lipinski definition) is 3. The molecule has 3 heteroatoms. The highest BCUT2D eigenvalue weighted by Gasteiger charge is 2.50. The molecule has 2 heterocycles. The summed E-state index contributed by atoms with van der Waals surface area (Å²) in [5, 5.41) is 0. The average molecular weight is 219 g/mol. The lowest BCUT2D eigenvalue weighted by molar-refractivity contribution is -0.247. The molecule has 2 aliphatic heterocycles. The van der Waals surface area contributed by atoms with Gasteiger partial charge < -0.3 is 9.47 Å². The van der Waals surface area contributed by atoms with Gasteiger partial charge in [0.2, 0.25) is 5.91 Å². The minimum atomic E-state index is -0.444. The van der Waals surface area contributed by atoms with E-state index in [2.05, 4.69) is 36.1 Å². The van der Waals surface area contributed by atoms with Crippen molar-refractivity contribution in [2.75, 3.05) is 19.7 Å². The quantitative estimate of drug-likeness (QED) is 0.760. The van der Waals surface area contributed by atoms with E-state index in [1.54, 1.807) is 0 Å². The van der Waals surface area contributed by atoms with Crippen LogP contribution in [0, 0.1) is 0 Å². The van der Waals surface area contributed by atoms with E-state index in [-0.39, 0.29) is 6.10 Å². The molecule has 1 aromatic carbocycles. The van der Waals surface area contributed by atoms with Gasteiger partial charge in [0.25, 0.3) is 0 Å². The lowest BCUT2D eigenvalue weighted by atomic mass is 10.1. The smallest absolute Gasteiger partial charge is 0.230 e. The van der Waals surface area contributed by atoms with Crippen LogP contribution in [0.1, 0.15) is 25.0 Å². The van der Waals surface area contributed by atoms with Crippen molar-refractivity contribution in [2.45, 2.75) is 25.4 Å². The molecule has 0 N–H and O–H groups in total. The molecule has 3 rings (SSSR count). The van der Waals surface area contributed by atoms with Crippen molar-refractivity contribution < 1.29 is 9.47 Å². The van der Waals surface area contributed by atoms with Crippen LogP contribution in [-0.4, -0.2) is 30.5 Å². The molecule has 0 radical (unpaired) electrons. The van der Waals surface area contributed by atoms with Crippen LogP contribution in [0.25, 0.3) is 0 Å². The number of benzene rings is 1. The van der Waals surface area contributed by atoms with Crippen LogP contribution in [0.2, 0.25) is 0 Å². The highest BCUT2D eigenvalue weighted by atomic mass is 16.7. The maximum Gasteiger partial charge on any atom is 0.230 e. The number of nitrogens with zero attached hydrogens (tertiary/aromatic N) is 1. The lowest BCUT2D eigenvalue weighted by Crippen LogP contribution is -2.39. The van der Waals surface area contributed by atoms with E-state index in [1.165, 1.54) is 5.56 Å². The van der Waals surface area contributed by atoms with Crippen molar-refractivity contribution in [3.8, 4) is 0 Å². The molecule has 0 spiro atoms. The largest absolute Gasteiger partial charge is 0.336 e. The highest BCUT2D eigenvalue weighted by molar-refractivity contribution is 5.19.